The van der Waals surface area contributed by atoms with E-state index >= 15 is 0 Å². The van der Waals surface area contributed by atoms with Crippen LogP contribution in [0, 0.1) is 0 Å². The second-order valence-corrected chi connectivity index (χ2v) is 3.23. The highest BCUT2D eigenvalue weighted by atomic mass is 35.5. The minimum Gasteiger partial charge on any atom is -0.320 e. The van der Waals surface area contributed by atoms with Gasteiger partial charge in [-0.2, -0.15) is 13.2 Å². The molecule has 0 radical (unpaired) electrons. The van der Waals surface area contributed by atoms with Crippen molar-refractivity contribution in [1.82, 2.24) is 4.98 Å². The van der Waals surface area contributed by atoms with Crippen LogP contribution in [0.25, 0.3) is 0 Å². The van der Waals surface area contributed by atoms with Crippen molar-refractivity contribution in [3.05, 3.63) is 29.0 Å². The molecule has 0 aliphatic heterocycles. The van der Waals surface area contributed by atoms with E-state index in [1.807, 2.05) is 0 Å². The first-order valence-corrected chi connectivity index (χ1v) is 4.20. The average molecular weight is 225 g/mol. The molecule has 0 aromatic carbocycles. The van der Waals surface area contributed by atoms with Crippen molar-refractivity contribution >= 4 is 11.6 Å². The highest BCUT2D eigenvalue weighted by Crippen LogP contribution is 2.21. The highest BCUT2D eigenvalue weighted by molar-refractivity contribution is 6.29. The van der Waals surface area contributed by atoms with Gasteiger partial charge in [0.25, 0.3) is 0 Å². The molecule has 1 atom stereocenters. The van der Waals surface area contributed by atoms with E-state index in [-0.39, 0.29) is 11.6 Å². The van der Waals surface area contributed by atoms with Crippen LogP contribution in [-0.4, -0.2) is 17.2 Å². The van der Waals surface area contributed by atoms with Gasteiger partial charge in [-0.3, -0.25) is 0 Å². The molecule has 14 heavy (non-hydrogen) atoms. The quantitative estimate of drug-likeness (QED) is 0.782. The monoisotopic (exact) mass is 224 g/mol. The molecule has 1 aromatic rings. The molecule has 0 aliphatic rings. The maximum Gasteiger partial charge on any atom is 0.403 e. The summed E-state index contributed by atoms with van der Waals surface area (Å²) in [4.78, 5) is 3.65. The molecule has 1 unspecified atom stereocenters. The van der Waals surface area contributed by atoms with Crippen LogP contribution in [0.3, 0.4) is 0 Å². The number of aromatic nitrogens is 1. The lowest BCUT2D eigenvalue weighted by Gasteiger charge is -2.15. The Morgan fingerprint density at radius 2 is 2.14 bits per heavy atom. The van der Waals surface area contributed by atoms with Gasteiger partial charge >= 0.3 is 6.18 Å². The Hall–Kier alpha value is -0.810. The lowest BCUT2D eigenvalue weighted by molar-refractivity contribution is -0.147. The molecule has 2 N–H and O–H groups in total. The Kier molecular flexibility index (Phi) is 3.34. The number of hydrogen-bond donors (Lipinski definition) is 1. The lowest BCUT2D eigenvalue weighted by Crippen LogP contribution is -2.39. The molecule has 0 spiro atoms. The maximum atomic E-state index is 12.1. The maximum absolute atomic E-state index is 12.1. The molecule has 1 heterocycles. The van der Waals surface area contributed by atoms with E-state index in [2.05, 4.69) is 4.98 Å². The minimum atomic E-state index is -4.38. The fourth-order valence-electron chi connectivity index (χ4n) is 0.939. The molecule has 0 fully saturated rings. The van der Waals surface area contributed by atoms with Crippen LogP contribution in [-0.2, 0) is 6.42 Å². The van der Waals surface area contributed by atoms with E-state index in [9.17, 15) is 13.2 Å². The summed E-state index contributed by atoms with van der Waals surface area (Å²) in [6, 6.07) is 0.964. The van der Waals surface area contributed by atoms with Gasteiger partial charge in [-0.25, -0.2) is 4.98 Å². The molecule has 0 saturated carbocycles. The molecular formula is C8H8ClF3N2. The topological polar surface area (TPSA) is 38.9 Å². The van der Waals surface area contributed by atoms with Crippen LogP contribution >= 0.6 is 11.6 Å². The molecule has 78 valence electrons. The van der Waals surface area contributed by atoms with Crippen LogP contribution in [0.1, 0.15) is 5.56 Å². The Morgan fingerprint density at radius 1 is 1.50 bits per heavy atom. The van der Waals surface area contributed by atoms with Gasteiger partial charge in [-0.15, -0.1) is 0 Å². The normalized spacial score (nSPS) is 14.1. The third kappa shape index (κ3) is 3.16. The van der Waals surface area contributed by atoms with E-state index in [4.69, 9.17) is 17.3 Å². The fourth-order valence-corrected chi connectivity index (χ4v) is 1.14. The van der Waals surface area contributed by atoms with Crippen LogP contribution in [0.2, 0.25) is 5.15 Å². The molecule has 1 aromatic heterocycles. The number of nitrogens with zero attached hydrogens (tertiary/aromatic N) is 1. The molecule has 0 bridgehead atoms. The first-order valence-electron chi connectivity index (χ1n) is 3.82. The van der Waals surface area contributed by atoms with E-state index < -0.39 is 12.2 Å². The van der Waals surface area contributed by atoms with E-state index in [1.54, 1.807) is 0 Å². The smallest absolute Gasteiger partial charge is 0.320 e. The van der Waals surface area contributed by atoms with Gasteiger partial charge in [0.05, 0.1) is 0 Å². The van der Waals surface area contributed by atoms with Crippen molar-refractivity contribution in [3.8, 4) is 0 Å². The largest absolute Gasteiger partial charge is 0.403 e. The Morgan fingerprint density at radius 3 is 2.64 bits per heavy atom. The summed E-state index contributed by atoms with van der Waals surface area (Å²) >= 11 is 5.51. The Labute approximate surface area is 83.9 Å². The Balaban J connectivity index is 2.70. The molecular weight excluding hydrogens is 217 g/mol. The SMILES string of the molecule is NC(Cc1ccnc(Cl)c1)C(F)(F)F. The number of alkyl halides is 3. The Bertz CT molecular complexity index is 314. The summed E-state index contributed by atoms with van der Waals surface area (Å²) in [6.07, 6.45) is -3.32. The standard InChI is InChI=1S/C8H8ClF3N2/c9-7-4-5(1-2-14-7)3-6(13)8(10,11)12/h1-2,4,6H,3,13H2. The van der Waals surface area contributed by atoms with Crippen molar-refractivity contribution in [1.29, 1.82) is 0 Å². The first kappa shape index (κ1) is 11.3. The first-order chi connectivity index (χ1) is 6.39. The summed E-state index contributed by atoms with van der Waals surface area (Å²) in [6.45, 7) is 0. The third-order valence-electron chi connectivity index (χ3n) is 1.67. The highest BCUT2D eigenvalue weighted by Gasteiger charge is 2.36. The van der Waals surface area contributed by atoms with Crippen molar-refractivity contribution in [3.63, 3.8) is 0 Å². The minimum absolute atomic E-state index is 0.164. The molecule has 1 rings (SSSR count). The van der Waals surface area contributed by atoms with Gasteiger partial charge < -0.3 is 5.73 Å². The van der Waals surface area contributed by atoms with Crippen LogP contribution in [0.15, 0.2) is 18.3 Å². The molecule has 6 heteroatoms. The summed E-state index contributed by atoms with van der Waals surface area (Å²) in [5, 5.41) is 0.164. The van der Waals surface area contributed by atoms with Crippen LogP contribution in [0.4, 0.5) is 13.2 Å². The second-order valence-electron chi connectivity index (χ2n) is 2.84. The van der Waals surface area contributed by atoms with Crippen molar-refractivity contribution in [2.24, 2.45) is 5.73 Å². The predicted octanol–water partition coefficient (Wildman–Crippen LogP) is 2.17. The zero-order valence-electron chi connectivity index (χ0n) is 7.05. The van der Waals surface area contributed by atoms with Crippen LogP contribution < -0.4 is 5.73 Å². The second kappa shape index (κ2) is 4.14. The van der Waals surface area contributed by atoms with E-state index in [0.717, 1.165) is 0 Å². The van der Waals surface area contributed by atoms with Crippen LogP contribution in [0.5, 0.6) is 0 Å². The lowest BCUT2D eigenvalue weighted by atomic mass is 10.1. The van der Waals surface area contributed by atoms with Crippen molar-refractivity contribution in [2.45, 2.75) is 18.6 Å². The van der Waals surface area contributed by atoms with Crippen molar-refractivity contribution < 1.29 is 13.2 Å². The van der Waals surface area contributed by atoms with Gasteiger partial charge in [0, 0.05) is 6.20 Å². The van der Waals surface area contributed by atoms with E-state index in [0.29, 0.717) is 5.56 Å². The summed E-state index contributed by atoms with van der Waals surface area (Å²) in [7, 11) is 0. The number of halogens is 4. The zero-order chi connectivity index (χ0) is 10.8. The number of rotatable bonds is 2. The van der Waals surface area contributed by atoms with Gasteiger partial charge in [-0.05, 0) is 24.1 Å². The number of pyridine rings is 1. The van der Waals surface area contributed by atoms with Gasteiger partial charge in [0.15, 0.2) is 0 Å². The third-order valence-corrected chi connectivity index (χ3v) is 1.87. The number of hydrogen-bond acceptors (Lipinski definition) is 2. The average Bonchev–Trinajstić information content (AvgIpc) is 2.02. The molecule has 0 amide bonds. The van der Waals surface area contributed by atoms with Gasteiger partial charge in [0.1, 0.15) is 11.2 Å². The molecule has 0 aliphatic carbocycles. The van der Waals surface area contributed by atoms with Crippen molar-refractivity contribution in [2.75, 3.05) is 0 Å². The van der Waals surface area contributed by atoms with Gasteiger partial charge in [0.2, 0.25) is 0 Å². The number of nitrogens with two attached hydrogens (primary N) is 1. The summed E-state index contributed by atoms with van der Waals surface area (Å²) in [5.41, 5.74) is 5.37. The fraction of sp³-hybridized carbons (Fsp3) is 0.375. The zero-order valence-corrected chi connectivity index (χ0v) is 7.81. The molecule has 0 saturated heterocycles. The predicted molar refractivity (Wildman–Crippen MR) is 47.0 cm³/mol. The molecule has 2 nitrogen and oxygen atoms in total. The van der Waals surface area contributed by atoms with E-state index in [1.165, 1.54) is 18.3 Å². The summed E-state index contributed by atoms with van der Waals surface area (Å²) < 4.78 is 36.2. The van der Waals surface area contributed by atoms with Gasteiger partial charge in [-0.1, -0.05) is 11.6 Å². The summed E-state index contributed by atoms with van der Waals surface area (Å²) in [5.74, 6) is 0.